The minimum absolute atomic E-state index is 0.197. The fraction of sp³-hybridized carbons (Fsp3) is 0.360. The second-order valence-corrected chi connectivity index (χ2v) is 9.59. The van der Waals surface area contributed by atoms with Crippen LogP contribution in [0.5, 0.6) is 0 Å². The summed E-state index contributed by atoms with van der Waals surface area (Å²) < 4.78 is 1.57. The van der Waals surface area contributed by atoms with Crippen LogP contribution in [-0.4, -0.2) is 36.2 Å². The summed E-state index contributed by atoms with van der Waals surface area (Å²) >= 11 is 0. The Labute approximate surface area is 193 Å². The highest BCUT2D eigenvalue weighted by molar-refractivity contribution is 6.04. The van der Waals surface area contributed by atoms with Crippen LogP contribution in [0.2, 0.25) is 0 Å². The molecule has 1 aliphatic carbocycles. The highest BCUT2D eigenvalue weighted by atomic mass is 16.3. The first-order valence-corrected chi connectivity index (χ1v) is 11.0. The molecule has 0 spiro atoms. The standard InChI is InChI=1S/C25H30N6O2/c1-24(2,33)15-31-14-18(13-30-31)21(32)10-22(26)25(3,20-8-9-20)19-6-4-16(5-7-19)17-11-28-23(27)29-12-17/h4-7,10-14,20,33H,8-9,15,26H2,1-3H3,(H2,27,28,29)/b22-10-. The Hall–Kier alpha value is -3.52. The van der Waals surface area contributed by atoms with Gasteiger partial charge in [-0.05, 0) is 50.7 Å². The van der Waals surface area contributed by atoms with Crippen molar-refractivity contribution in [3.63, 3.8) is 0 Å². The number of ketones is 1. The molecule has 8 heteroatoms. The molecular formula is C25H30N6O2. The lowest BCUT2D eigenvalue weighted by Gasteiger charge is -2.31. The summed E-state index contributed by atoms with van der Waals surface area (Å²) in [5.41, 5.74) is 14.7. The van der Waals surface area contributed by atoms with Gasteiger partial charge in [0.05, 0.1) is 23.9 Å². The molecule has 2 aromatic heterocycles. The molecule has 1 atom stereocenters. The topological polar surface area (TPSA) is 133 Å². The van der Waals surface area contributed by atoms with Crippen molar-refractivity contribution >= 4 is 11.7 Å². The molecule has 3 aromatic rings. The third-order valence-electron chi connectivity index (χ3n) is 6.24. The molecular weight excluding hydrogens is 416 g/mol. The summed E-state index contributed by atoms with van der Waals surface area (Å²) in [6, 6.07) is 8.13. The van der Waals surface area contributed by atoms with Crippen molar-refractivity contribution in [3.05, 3.63) is 72.0 Å². The smallest absolute Gasteiger partial charge is 0.219 e. The number of hydrogen-bond donors (Lipinski definition) is 3. The molecule has 5 N–H and O–H groups in total. The number of hydrogen-bond acceptors (Lipinski definition) is 7. The average molecular weight is 447 g/mol. The molecule has 1 aliphatic rings. The first kappa shape index (κ1) is 22.7. The Morgan fingerprint density at radius 1 is 1.12 bits per heavy atom. The molecule has 0 radical (unpaired) electrons. The Morgan fingerprint density at radius 2 is 1.76 bits per heavy atom. The molecule has 33 heavy (non-hydrogen) atoms. The van der Waals surface area contributed by atoms with Gasteiger partial charge in [0.15, 0.2) is 5.78 Å². The number of nitrogen functional groups attached to an aromatic ring is 1. The van der Waals surface area contributed by atoms with E-state index in [2.05, 4.69) is 34.1 Å². The van der Waals surface area contributed by atoms with E-state index in [1.165, 1.54) is 12.3 Å². The van der Waals surface area contributed by atoms with E-state index in [4.69, 9.17) is 11.5 Å². The number of allylic oxidation sites excluding steroid dienone is 2. The predicted octanol–water partition coefficient (Wildman–Crippen LogP) is 3.09. The number of benzene rings is 1. The number of anilines is 1. The van der Waals surface area contributed by atoms with Crippen molar-refractivity contribution in [3.8, 4) is 11.1 Å². The van der Waals surface area contributed by atoms with Gasteiger partial charge in [0.2, 0.25) is 5.95 Å². The van der Waals surface area contributed by atoms with Crippen LogP contribution in [0.3, 0.4) is 0 Å². The summed E-state index contributed by atoms with van der Waals surface area (Å²) in [6.45, 7) is 5.79. The van der Waals surface area contributed by atoms with E-state index in [9.17, 15) is 9.90 Å². The van der Waals surface area contributed by atoms with E-state index < -0.39 is 11.0 Å². The predicted molar refractivity (Wildman–Crippen MR) is 127 cm³/mol. The van der Waals surface area contributed by atoms with Gasteiger partial charge < -0.3 is 16.6 Å². The molecule has 1 unspecified atom stereocenters. The SMILES string of the molecule is CC(C)(O)Cn1cc(C(=O)/C=C(\N)C(C)(c2ccc(-c3cnc(N)nc3)cc2)C2CC2)cn1. The quantitative estimate of drug-likeness (QED) is 0.358. The lowest BCUT2D eigenvalue weighted by atomic mass is 9.74. The molecule has 1 aromatic carbocycles. The molecule has 0 bridgehead atoms. The minimum Gasteiger partial charge on any atom is -0.401 e. The second kappa shape index (κ2) is 8.44. The number of nitrogens with two attached hydrogens (primary N) is 2. The van der Waals surface area contributed by atoms with Gasteiger partial charge in [-0.3, -0.25) is 9.48 Å². The number of carbonyl (C=O) groups excluding carboxylic acids is 1. The Bertz CT molecular complexity index is 1170. The summed E-state index contributed by atoms with van der Waals surface area (Å²) in [4.78, 5) is 21.0. The largest absolute Gasteiger partial charge is 0.401 e. The van der Waals surface area contributed by atoms with E-state index in [0.717, 1.165) is 29.5 Å². The molecule has 4 rings (SSSR count). The van der Waals surface area contributed by atoms with Gasteiger partial charge in [0, 0.05) is 41.3 Å². The molecule has 0 aliphatic heterocycles. The zero-order valence-corrected chi connectivity index (χ0v) is 19.2. The average Bonchev–Trinajstić information content (AvgIpc) is 3.52. The maximum absolute atomic E-state index is 12.9. The monoisotopic (exact) mass is 446 g/mol. The lowest BCUT2D eigenvalue weighted by molar-refractivity contribution is 0.0577. The molecule has 1 fully saturated rings. The molecule has 8 nitrogen and oxygen atoms in total. The molecule has 0 amide bonds. The first-order valence-electron chi connectivity index (χ1n) is 11.0. The van der Waals surface area contributed by atoms with E-state index in [-0.39, 0.29) is 11.7 Å². The van der Waals surface area contributed by atoms with Gasteiger partial charge in [-0.2, -0.15) is 5.10 Å². The Kier molecular flexibility index (Phi) is 5.80. The summed E-state index contributed by atoms with van der Waals surface area (Å²) in [5, 5.41) is 14.2. The van der Waals surface area contributed by atoms with E-state index in [0.29, 0.717) is 23.7 Å². The maximum Gasteiger partial charge on any atom is 0.219 e. The number of nitrogens with zero attached hydrogens (tertiary/aromatic N) is 4. The normalized spacial score (nSPS) is 16.4. The van der Waals surface area contributed by atoms with Gasteiger partial charge in [0.1, 0.15) is 0 Å². The van der Waals surface area contributed by atoms with Crippen LogP contribution in [0.25, 0.3) is 11.1 Å². The Balaban J connectivity index is 1.58. The third kappa shape index (κ3) is 4.96. The van der Waals surface area contributed by atoms with Crippen LogP contribution in [0.15, 0.2) is 60.8 Å². The van der Waals surface area contributed by atoms with Gasteiger partial charge in [0.25, 0.3) is 0 Å². The third-order valence-corrected chi connectivity index (χ3v) is 6.24. The summed E-state index contributed by atoms with van der Waals surface area (Å²) in [5.74, 6) is 0.423. The highest BCUT2D eigenvalue weighted by Crippen LogP contribution is 2.50. The second-order valence-electron chi connectivity index (χ2n) is 9.59. The number of aromatic nitrogens is 4. The fourth-order valence-corrected chi connectivity index (χ4v) is 4.14. The Morgan fingerprint density at radius 3 is 2.33 bits per heavy atom. The lowest BCUT2D eigenvalue weighted by Crippen LogP contribution is -2.32. The minimum atomic E-state index is -0.920. The molecule has 2 heterocycles. The van der Waals surface area contributed by atoms with Gasteiger partial charge in [-0.1, -0.05) is 24.3 Å². The van der Waals surface area contributed by atoms with Crippen LogP contribution in [0.1, 0.15) is 49.5 Å². The van der Waals surface area contributed by atoms with Gasteiger partial charge >= 0.3 is 0 Å². The van der Waals surface area contributed by atoms with Crippen LogP contribution >= 0.6 is 0 Å². The summed E-state index contributed by atoms with van der Waals surface area (Å²) in [6.07, 6.45) is 10.2. The van der Waals surface area contributed by atoms with Gasteiger partial charge in [-0.15, -0.1) is 0 Å². The molecule has 0 saturated heterocycles. The van der Waals surface area contributed by atoms with Gasteiger partial charge in [-0.25, -0.2) is 9.97 Å². The van der Waals surface area contributed by atoms with E-state index >= 15 is 0 Å². The zero-order chi connectivity index (χ0) is 23.8. The highest BCUT2D eigenvalue weighted by Gasteiger charge is 2.45. The van der Waals surface area contributed by atoms with Crippen molar-refractivity contribution in [2.75, 3.05) is 5.73 Å². The van der Waals surface area contributed by atoms with Crippen molar-refractivity contribution in [2.24, 2.45) is 11.7 Å². The first-order chi connectivity index (χ1) is 15.6. The summed E-state index contributed by atoms with van der Waals surface area (Å²) in [7, 11) is 0. The van der Waals surface area contributed by atoms with Crippen LogP contribution in [-0.2, 0) is 12.0 Å². The van der Waals surface area contributed by atoms with Crippen molar-refractivity contribution in [1.29, 1.82) is 0 Å². The van der Waals surface area contributed by atoms with Crippen molar-refractivity contribution < 1.29 is 9.90 Å². The molecule has 172 valence electrons. The van der Waals surface area contributed by atoms with Crippen LogP contribution < -0.4 is 11.5 Å². The van der Waals surface area contributed by atoms with Crippen molar-refractivity contribution in [1.82, 2.24) is 19.7 Å². The maximum atomic E-state index is 12.9. The molecule has 1 saturated carbocycles. The number of rotatable bonds is 8. The number of carbonyl (C=O) groups is 1. The van der Waals surface area contributed by atoms with Crippen LogP contribution in [0.4, 0.5) is 5.95 Å². The van der Waals surface area contributed by atoms with Crippen molar-refractivity contribution in [2.45, 2.75) is 51.2 Å². The van der Waals surface area contributed by atoms with E-state index in [1.54, 1.807) is 37.1 Å². The zero-order valence-electron chi connectivity index (χ0n) is 19.2. The number of aliphatic hydroxyl groups is 1. The fourth-order valence-electron chi connectivity index (χ4n) is 4.14. The van der Waals surface area contributed by atoms with E-state index in [1.807, 2.05) is 12.1 Å². The van der Waals surface area contributed by atoms with Crippen LogP contribution in [0, 0.1) is 5.92 Å².